The summed E-state index contributed by atoms with van der Waals surface area (Å²) >= 11 is 0. The van der Waals surface area contributed by atoms with Crippen LogP contribution in [0.4, 0.5) is 10.1 Å². The van der Waals surface area contributed by atoms with Crippen molar-refractivity contribution in [3.05, 3.63) is 34.1 Å². The number of hydrogen-bond acceptors (Lipinski definition) is 4. The Kier molecular flexibility index (Phi) is 3.17. The fraction of sp³-hybridized carbons (Fsp3) is 0.125. The van der Waals surface area contributed by atoms with Crippen LogP contribution in [0.2, 0.25) is 0 Å². The molecule has 1 rings (SSSR count). The highest BCUT2D eigenvalue weighted by atomic mass is 19.1. The van der Waals surface area contributed by atoms with Gasteiger partial charge in [-0.05, 0) is 6.07 Å². The lowest BCUT2D eigenvalue weighted by atomic mass is 10.3. The molecule has 0 spiro atoms. The summed E-state index contributed by atoms with van der Waals surface area (Å²) < 4.78 is 17.9. The molecule has 0 saturated heterocycles. The average molecular weight is 213 g/mol. The highest BCUT2D eigenvalue weighted by molar-refractivity contribution is 5.78. The van der Waals surface area contributed by atoms with E-state index in [1.54, 1.807) is 0 Å². The van der Waals surface area contributed by atoms with E-state index in [1.807, 2.05) is 0 Å². The lowest BCUT2D eigenvalue weighted by Gasteiger charge is -2.04. The second kappa shape index (κ2) is 4.36. The smallest absolute Gasteiger partial charge is 0.305 e. The first-order chi connectivity index (χ1) is 7.00. The van der Waals surface area contributed by atoms with E-state index in [0.717, 1.165) is 12.1 Å². The minimum atomic E-state index is -0.985. The molecule has 0 bridgehead atoms. The standard InChI is InChI=1S/C8H8FN3O3/c9-6-3-5(15-4-8(10)11)1-2-7(6)12(13)14/h1-3H,4H2,(H3,10,11). The van der Waals surface area contributed by atoms with E-state index in [0.29, 0.717) is 0 Å². The van der Waals surface area contributed by atoms with E-state index in [1.165, 1.54) is 6.07 Å². The first kappa shape index (κ1) is 10.9. The number of nitro benzene ring substituents is 1. The maximum atomic E-state index is 13.0. The Bertz CT molecular complexity index is 408. The monoisotopic (exact) mass is 213 g/mol. The maximum Gasteiger partial charge on any atom is 0.305 e. The molecule has 0 aliphatic heterocycles. The summed E-state index contributed by atoms with van der Waals surface area (Å²) in [6.07, 6.45) is 0. The lowest BCUT2D eigenvalue weighted by Crippen LogP contribution is -2.19. The van der Waals surface area contributed by atoms with Gasteiger partial charge in [-0.15, -0.1) is 0 Å². The van der Waals surface area contributed by atoms with Crippen molar-refractivity contribution in [3.63, 3.8) is 0 Å². The molecule has 15 heavy (non-hydrogen) atoms. The van der Waals surface area contributed by atoms with Crippen LogP contribution < -0.4 is 10.5 Å². The number of nitrogens with two attached hydrogens (primary N) is 1. The average Bonchev–Trinajstić information content (AvgIpc) is 2.14. The van der Waals surface area contributed by atoms with Gasteiger partial charge in [-0.25, -0.2) is 0 Å². The van der Waals surface area contributed by atoms with E-state index < -0.39 is 16.4 Å². The molecular weight excluding hydrogens is 205 g/mol. The van der Waals surface area contributed by atoms with Crippen LogP contribution in [0.15, 0.2) is 18.2 Å². The zero-order valence-corrected chi connectivity index (χ0v) is 7.57. The van der Waals surface area contributed by atoms with Crippen molar-refractivity contribution in [2.24, 2.45) is 5.73 Å². The molecule has 80 valence electrons. The van der Waals surface area contributed by atoms with Gasteiger partial charge in [0, 0.05) is 12.1 Å². The zero-order valence-electron chi connectivity index (χ0n) is 7.57. The van der Waals surface area contributed by atoms with Gasteiger partial charge in [0.25, 0.3) is 0 Å². The van der Waals surface area contributed by atoms with Crippen LogP contribution in [0.5, 0.6) is 5.75 Å². The van der Waals surface area contributed by atoms with Crippen molar-refractivity contribution in [1.82, 2.24) is 0 Å². The van der Waals surface area contributed by atoms with E-state index in [4.69, 9.17) is 15.9 Å². The number of nitrogens with zero attached hydrogens (tertiary/aromatic N) is 1. The third-order valence-corrected chi connectivity index (χ3v) is 1.51. The molecule has 0 radical (unpaired) electrons. The van der Waals surface area contributed by atoms with Gasteiger partial charge in [0.2, 0.25) is 5.82 Å². The normalized spacial score (nSPS) is 9.67. The molecule has 6 nitrogen and oxygen atoms in total. The Morgan fingerprint density at radius 3 is 2.80 bits per heavy atom. The molecule has 0 fully saturated rings. The van der Waals surface area contributed by atoms with Crippen molar-refractivity contribution >= 4 is 11.5 Å². The molecular formula is C8H8FN3O3. The molecule has 7 heteroatoms. The third-order valence-electron chi connectivity index (χ3n) is 1.51. The van der Waals surface area contributed by atoms with Crippen LogP contribution in [0.25, 0.3) is 0 Å². The Balaban J connectivity index is 2.82. The second-order valence-electron chi connectivity index (χ2n) is 2.68. The summed E-state index contributed by atoms with van der Waals surface area (Å²) in [6, 6.07) is 3.11. The summed E-state index contributed by atoms with van der Waals surface area (Å²) in [5, 5.41) is 17.1. The fourth-order valence-electron chi connectivity index (χ4n) is 0.887. The molecule has 0 amide bonds. The highest BCUT2D eigenvalue weighted by Crippen LogP contribution is 2.22. The number of amidine groups is 1. The quantitative estimate of drug-likeness (QED) is 0.337. The van der Waals surface area contributed by atoms with Gasteiger partial charge in [0.15, 0.2) is 0 Å². The molecule has 0 atom stereocenters. The van der Waals surface area contributed by atoms with Gasteiger partial charge in [0.1, 0.15) is 18.2 Å². The van der Waals surface area contributed by atoms with Crippen LogP contribution in [0, 0.1) is 21.3 Å². The van der Waals surface area contributed by atoms with Crippen LogP contribution in [-0.2, 0) is 0 Å². The highest BCUT2D eigenvalue weighted by Gasteiger charge is 2.14. The molecule has 0 aromatic heterocycles. The van der Waals surface area contributed by atoms with E-state index >= 15 is 0 Å². The molecule has 1 aromatic rings. The largest absolute Gasteiger partial charge is 0.486 e. The molecule has 0 saturated carbocycles. The van der Waals surface area contributed by atoms with E-state index in [-0.39, 0.29) is 18.2 Å². The Hall–Kier alpha value is -2.18. The summed E-state index contributed by atoms with van der Waals surface area (Å²) in [5.74, 6) is -1.11. The minimum Gasteiger partial charge on any atom is -0.486 e. The molecule has 0 aliphatic rings. The second-order valence-corrected chi connectivity index (χ2v) is 2.68. The summed E-state index contributed by atoms with van der Waals surface area (Å²) in [4.78, 5) is 9.44. The van der Waals surface area contributed by atoms with Gasteiger partial charge < -0.3 is 10.5 Å². The van der Waals surface area contributed by atoms with Crippen LogP contribution in [0.3, 0.4) is 0 Å². The number of ether oxygens (including phenoxy) is 1. The molecule has 0 unspecified atom stereocenters. The Morgan fingerprint density at radius 1 is 1.67 bits per heavy atom. The van der Waals surface area contributed by atoms with Crippen molar-refractivity contribution in [2.45, 2.75) is 0 Å². The van der Waals surface area contributed by atoms with Gasteiger partial charge in [-0.1, -0.05) is 0 Å². The number of nitrogens with one attached hydrogen (secondary N) is 1. The van der Waals surface area contributed by atoms with Crippen molar-refractivity contribution in [1.29, 1.82) is 5.41 Å². The van der Waals surface area contributed by atoms with Gasteiger partial charge in [-0.2, -0.15) is 4.39 Å². The van der Waals surface area contributed by atoms with Crippen molar-refractivity contribution in [2.75, 3.05) is 6.61 Å². The zero-order chi connectivity index (χ0) is 11.4. The number of rotatable bonds is 4. The van der Waals surface area contributed by atoms with Gasteiger partial charge in [-0.3, -0.25) is 15.5 Å². The number of hydrogen-bond donors (Lipinski definition) is 2. The molecule has 0 heterocycles. The number of halogens is 1. The molecule has 3 N–H and O–H groups in total. The fourth-order valence-corrected chi connectivity index (χ4v) is 0.887. The predicted octanol–water partition coefficient (Wildman–Crippen LogP) is 1.05. The van der Waals surface area contributed by atoms with Crippen LogP contribution >= 0.6 is 0 Å². The Morgan fingerprint density at radius 2 is 2.33 bits per heavy atom. The maximum absolute atomic E-state index is 13.0. The Labute approximate surface area is 84.1 Å². The van der Waals surface area contributed by atoms with E-state index in [9.17, 15) is 14.5 Å². The van der Waals surface area contributed by atoms with Crippen LogP contribution in [-0.4, -0.2) is 17.4 Å². The lowest BCUT2D eigenvalue weighted by molar-refractivity contribution is -0.387. The SMILES string of the molecule is N=C(N)COc1ccc([N+](=O)[O-])c(F)c1. The number of nitro groups is 1. The number of benzene rings is 1. The summed E-state index contributed by atoms with van der Waals surface area (Å²) in [5.41, 5.74) is 4.39. The summed E-state index contributed by atoms with van der Waals surface area (Å²) in [6.45, 7) is -0.183. The van der Waals surface area contributed by atoms with Gasteiger partial charge in [0.05, 0.1) is 4.92 Å². The van der Waals surface area contributed by atoms with E-state index in [2.05, 4.69) is 0 Å². The van der Waals surface area contributed by atoms with Crippen molar-refractivity contribution < 1.29 is 14.1 Å². The summed E-state index contributed by atoms with van der Waals surface area (Å²) in [7, 11) is 0. The first-order valence-electron chi connectivity index (χ1n) is 3.90. The minimum absolute atomic E-state index is 0.0910. The van der Waals surface area contributed by atoms with Crippen molar-refractivity contribution in [3.8, 4) is 5.75 Å². The topological polar surface area (TPSA) is 102 Å². The first-order valence-corrected chi connectivity index (χ1v) is 3.90. The third kappa shape index (κ3) is 2.90. The molecule has 0 aliphatic carbocycles. The van der Waals surface area contributed by atoms with Gasteiger partial charge >= 0.3 is 5.69 Å². The predicted molar refractivity (Wildman–Crippen MR) is 50.5 cm³/mol. The molecule has 1 aromatic carbocycles. The van der Waals surface area contributed by atoms with Crippen LogP contribution in [0.1, 0.15) is 0 Å².